The van der Waals surface area contributed by atoms with Gasteiger partial charge in [-0.2, -0.15) is 0 Å². The third kappa shape index (κ3) is 4.90. The van der Waals surface area contributed by atoms with Gasteiger partial charge in [0.2, 0.25) is 0 Å². The van der Waals surface area contributed by atoms with E-state index in [0.29, 0.717) is 19.7 Å². The standard InChI is InChI=1S/C21H22BrNO3/c1-15-5-7-16(8-6-15)14-26-21-11-19(22)17(10-20(21)24-2)12-23-13-18-4-3-9-25-18/h3-11,23H,12-14H2,1-2H3. The first-order valence-electron chi connectivity index (χ1n) is 8.43. The fraction of sp³-hybridized carbons (Fsp3) is 0.238. The highest BCUT2D eigenvalue weighted by Gasteiger charge is 2.11. The lowest BCUT2D eigenvalue weighted by Gasteiger charge is -2.14. The number of ether oxygens (including phenoxy) is 2. The molecule has 0 amide bonds. The summed E-state index contributed by atoms with van der Waals surface area (Å²) in [5, 5.41) is 3.36. The Morgan fingerprint density at radius 1 is 1.04 bits per heavy atom. The summed E-state index contributed by atoms with van der Waals surface area (Å²) in [6.45, 7) is 3.94. The number of nitrogens with one attached hydrogen (secondary N) is 1. The zero-order valence-electron chi connectivity index (χ0n) is 14.9. The third-order valence-corrected chi connectivity index (χ3v) is 4.78. The van der Waals surface area contributed by atoms with Crippen LogP contribution in [0.2, 0.25) is 0 Å². The second kappa shape index (κ2) is 8.92. The molecule has 0 fully saturated rings. The van der Waals surface area contributed by atoms with Crippen LogP contribution in [0.15, 0.2) is 63.7 Å². The van der Waals surface area contributed by atoms with Crippen molar-refractivity contribution in [2.45, 2.75) is 26.6 Å². The van der Waals surface area contributed by atoms with Gasteiger partial charge in [0.25, 0.3) is 0 Å². The second-order valence-corrected chi connectivity index (χ2v) is 6.91. The molecule has 3 rings (SSSR count). The smallest absolute Gasteiger partial charge is 0.162 e. The first-order chi connectivity index (χ1) is 12.7. The zero-order chi connectivity index (χ0) is 18.4. The van der Waals surface area contributed by atoms with Crippen LogP contribution >= 0.6 is 15.9 Å². The molecule has 5 heteroatoms. The van der Waals surface area contributed by atoms with Crippen LogP contribution in [-0.2, 0) is 19.7 Å². The van der Waals surface area contributed by atoms with Gasteiger partial charge in [0, 0.05) is 11.0 Å². The van der Waals surface area contributed by atoms with Gasteiger partial charge in [-0.3, -0.25) is 0 Å². The summed E-state index contributed by atoms with van der Waals surface area (Å²) in [4.78, 5) is 0. The SMILES string of the molecule is COc1cc(CNCc2ccco2)c(Br)cc1OCc1ccc(C)cc1. The van der Waals surface area contributed by atoms with E-state index in [1.54, 1.807) is 13.4 Å². The molecule has 4 nitrogen and oxygen atoms in total. The predicted octanol–water partition coefficient (Wildman–Crippen LogP) is 5.23. The lowest BCUT2D eigenvalue weighted by molar-refractivity contribution is 0.284. The molecule has 0 radical (unpaired) electrons. The van der Waals surface area contributed by atoms with E-state index in [1.807, 2.05) is 24.3 Å². The van der Waals surface area contributed by atoms with Crippen LogP contribution in [0.3, 0.4) is 0 Å². The first kappa shape index (κ1) is 18.5. The van der Waals surface area contributed by atoms with E-state index in [1.165, 1.54) is 5.56 Å². The molecule has 136 valence electrons. The molecule has 0 saturated carbocycles. The molecule has 0 aliphatic heterocycles. The molecule has 1 heterocycles. The van der Waals surface area contributed by atoms with E-state index >= 15 is 0 Å². The highest BCUT2D eigenvalue weighted by Crippen LogP contribution is 2.34. The van der Waals surface area contributed by atoms with Gasteiger partial charge >= 0.3 is 0 Å². The fourth-order valence-electron chi connectivity index (χ4n) is 2.56. The van der Waals surface area contributed by atoms with E-state index in [4.69, 9.17) is 13.9 Å². The van der Waals surface area contributed by atoms with Gasteiger partial charge in [0.05, 0.1) is 19.9 Å². The third-order valence-electron chi connectivity index (χ3n) is 4.04. The lowest BCUT2D eigenvalue weighted by atomic mass is 10.1. The van der Waals surface area contributed by atoms with Gasteiger partial charge in [-0.05, 0) is 42.3 Å². The summed E-state index contributed by atoms with van der Waals surface area (Å²) >= 11 is 3.63. The summed E-state index contributed by atoms with van der Waals surface area (Å²) in [6.07, 6.45) is 1.68. The predicted molar refractivity (Wildman–Crippen MR) is 105 cm³/mol. The molecular weight excluding hydrogens is 394 g/mol. The molecule has 0 unspecified atom stereocenters. The number of furan rings is 1. The molecule has 3 aromatic rings. The van der Waals surface area contributed by atoms with Crippen LogP contribution in [0.25, 0.3) is 0 Å². The minimum atomic E-state index is 0.499. The number of hydrogen-bond acceptors (Lipinski definition) is 4. The molecule has 26 heavy (non-hydrogen) atoms. The van der Waals surface area contributed by atoms with Crippen LogP contribution < -0.4 is 14.8 Å². The average Bonchev–Trinajstić information content (AvgIpc) is 3.16. The van der Waals surface area contributed by atoms with Crippen molar-refractivity contribution < 1.29 is 13.9 Å². The molecule has 0 aliphatic carbocycles. The van der Waals surface area contributed by atoms with Crippen LogP contribution in [0, 0.1) is 6.92 Å². The van der Waals surface area contributed by atoms with E-state index in [9.17, 15) is 0 Å². The number of benzene rings is 2. The van der Waals surface area contributed by atoms with Crippen molar-refractivity contribution in [1.82, 2.24) is 5.32 Å². The van der Waals surface area contributed by atoms with Crippen molar-refractivity contribution in [2.24, 2.45) is 0 Å². The number of aryl methyl sites for hydroxylation is 1. The van der Waals surface area contributed by atoms with Crippen molar-refractivity contribution >= 4 is 15.9 Å². The Labute approximate surface area is 162 Å². The lowest BCUT2D eigenvalue weighted by Crippen LogP contribution is -2.12. The normalized spacial score (nSPS) is 10.7. The first-order valence-corrected chi connectivity index (χ1v) is 9.23. The molecule has 2 aromatic carbocycles. The Hall–Kier alpha value is -2.24. The van der Waals surface area contributed by atoms with Crippen molar-refractivity contribution in [2.75, 3.05) is 7.11 Å². The molecular formula is C21H22BrNO3. The minimum Gasteiger partial charge on any atom is -0.493 e. The number of halogens is 1. The molecule has 1 aromatic heterocycles. The van der Waals surface area contributed by atoms with Gasteiger partial charge in [-0.25, -0.2) is 0 Å². The number of methoxy groups -OCH3 is 1. The Morgan fingerprint density at radius 2 is 1.85 bits per heavy atom. The maximum absolute atomic E-state index is 5.96. The molecule has 0 bridgehead atoms. The van der Waals surface area contributed by atoms with Crippen molar-refractivity contribution in [3.8, 4) is 11.5 Å². The zero-order valence-corrected chi connectivity index (χ0v) is 16.5. The van der Waals surface area contributed by atoms with E-state index < -0.39 is 0 Å². The largest absolute Gasteiger partial charge is 0.493 e. The van der Waals surface area contributed by atoms with E-state index in [2.05, 4.69) is 52.4 Å². The van der Waals surface area contributed by atoms with Gasteiger partial charge in [-0.1, -0.05) is 45.8 Å². The molecule has 0 spiro atoms. The molecule has 0 aliphatic rings. The van der Waals surface area contributed by atoms with Gasteiger partial charge in [0.1, 0.15) is 12.4 Å². The fourth-order valence-corrected chi connectivity index (χ4v) is 3.03. The van der Waals surface area contributed by atoms with E-state index in [0.717, 1.165) is 32.9 Å². The van der Waals surface area contributed by atoms with Crippen LogP contribution in [0.4, 0.5) is 0 Å². The van der Waals surface area contributed by atoms with Gasteiger partial charge < -0.3 is 19.2 Å². The minimum absolute atomic E-state index is 0.499. The quantitative estimate of drug-likeness (QED) is 0.546. The monoisotopic (exact) mass is 415 g/mol. The maximum Gasteiger partial charge on any atom is 0.162 e. The maximum atomic E-state index is 5.96. The highest BCUT2D eigenvalue weighted by atomic mass is 79.9. The van der Waals surface area contributed by atoms with Gasteiger partial charge in [-0.15, -0.1) is 0 Å². The van der Waals surface area contributed by atoms with Gasteiger partial charge in [0.15, 0.2) is 11.5 Å². The van der Waals surface area contributed by atoms with Crippen molar-refractivity contribution in [3.63, 3.8) is 0 Å². The molecule has 0 atom stereocenters. The summed E-state index contributed by atoms with van der Waals surface area (Å²) in [7, 11) is 1.65. The summed E-state index contributed by atoms with van der Waals surface area (Å²) in [5.41, 5.74) is 3.45. The Bertz CT molecular complexity index is 829. The summed E-state index contributed by atoms with van der Waals surface area (Å²) < 4.78 is 17.8. The number of rotatable bonds is 8. The summed E-state index contributed by atoms with van der Waals surface area (Å²) in [6, 6.07) is 16.1. The highest BCUT2D eigenvalue weighted by molar-refractivity contribution is 9.10. The van der Waals surface area contributed by atoms with Crippen LogP contribution in [-0.4, -0.2) is 7.11 Å². The summed E-state index contributed by atoms with van der Waals surface area (Å²) in [5.74, 6) is 2.34. The van der Waals surface area contributed by atoms with Crippen molar-refractivity contribution in [3.05, 3.63) is 81.7 Å². The molecule has 0 saturated heterocycles. The second-order valence-electron chi connectivity index (χ2n) is 6.05. The Morgan fingerprint density at radius 3 is 2.54 bits per heavy atom. The Balaban J connectivity index is 1.64. The molecule has 1 N–H and O–H groups in total. The Kier molecular flexibility index (Phi) is 6.36. The number of hydrogen-bond donors (Lipinski definition) is 1. The topological polar surface area (TPSA) is 43.6 Å². The van der Waals surface area contributed by atoms with Crippen LogP contribution in [0.1, 0.15) is 22.5 Å². The van der Waals surface area contributed by atoms with E-state index in [-0.39, 0.29) is 0 Å². The average molecular weight is 416 g/mol. The van der Waals surface area contributed by atoms with Crippen LogP contribution in [0.5, 0.6) is 11.5 Å². The van der Waals surface area contributed by atoms with Crippen molar-refractivity contribution in [1.29, 1.82) is 0 Å².